The van der Waals surface area contributed by atoms with Gasteiger partial charge in [0, 0.05) is 0 Å². The first-order valence-corrected chi connectivity index (χ1v) is 7.50. The van der Waals surface area contributed by atoms with E-state index in [2.05, 4.69) is 44.2 Å². The van der Waals surface area contributed by atoms with Crippen molar-refractivity contribution in [3.05, 3.63) is 58.7 Å². The number of methoxy groups -OCH3 is 1. The number of ether oxygens (including phenoxy) is 2. The molecule has 0 heterocycles. The van der Waals surface area contributed by atoms with E-state index in [9.17, 15) is 0 Å². The maximum Gasteiger partial charge on any atom is 0.161 e. The molecule has 0 N–H and O–H groups in total. The Bertz CT molecular complexity index is 603. The molecule has 21 heavy (non-hydrogen) atoms. The van der Waals surface area contributed by atoms with Crippen molar-refractivity contribution in [1.29, 1.82) is 0 Å². The van der Waals surface area contributed by atoms with Crippen molar-refractivity contribution in [1.82, 2.24) is 0 Å². The summed E-state index contributed by atoms with van der Waals surface area (Å²) in [5.41, 5.74) is 5.37. The van der Waals surface area contributed by atoms with Crippen LogP contribution in [0.4, 0.5) is 0 Å². The lowest BCUT2D eigenvalue weighted by Gasteiger charge is -2.12. The average Bonchev–Trinajstić information content (AvgIpc) is 2.47. The van der Waals surface area contributed by atoms with Crippen LogP contribution in [-0.2, 0) is 12.8 Å². The minimum atomic E-state index is 0.651. The number of hydrogen-bond donors (Lipinski definition) is 0. The zero-order valence-electron chi connectivity index (χ0n) is 13.4. The molecule has 0 aliphatic rings. The van der Waals surface area contributed by atoms with Crippen LogP contribution in [0.1, 0.15) is 29.2 Å². The second-order valence-electron chi connectivity index (χ2n) is 5.35. The molecular weight excluding hydrogens is 260 g/mol. The van der Waals surface area contributed by atoms with Crippen LogP contribution in [0, 0.1) is 13.8 Å². The average molecular weight is 284 g/mol. The molecule has 0 amide bonds. The fraction of sp³-hybridized carbons (Fsp3) is 0.368. The van der Waals surface area contributed by atoms with Gasteiger partial charge in [-0.25, -0.2) is 0 Å². The maximum atomic E-state index is 5.55. The van der Waals surface area contributed by atoms with Gasteiger partial charge in [0.2, 0.25) is 0 Å². The van der Waals surface area contributed by atoms with Crippen LogP contribution in [-0.4, -0.2) is 13.7 Å². The topological polar surface area (TPSA) is 18.5 Å². The Kier molecular flexibility index (Phi) is 5.26. The molecule has 0 fully saturated rings. The largest absolute Gasteiger partial charge is 0.493 e. The highest BCUT2D eigenvalue weighted by atomic mass is 16.5. The van der Waals surface area contributed by atoms with Crippen molar-refractivity contribution in [3.63, 3.8) is 0 Å². The van der Waals surface area contributed by atoms with Gasteiger partial charge in [0.1, 0.15) is 0 Å². The van der Waals surface area contributed by atoms with Gasteiger partial charge in [-0.05, 0) is 62.4 Å². The van der Waals surface area contributed by atoms with Gasteiger partial charge in [-0.15, -0.1) is 0 Å². The smallest absolute Gasteiger partial charge is 0.161 e. The number of rotatable bonds is 6. The van der Waals surface area contributed by atoms with Crippen molar-refractivity contribution in [3.8, 4) is 11.5 Å². The minimum absolute atomic E-state index is 0.651. The Morgan fingerprint density at radius 3 is 2.38 bits per heavy atom. The summed E-state index contributed by atoms with van der Waals surface area (Å²) in [4.78, 5) is 0. The van der Waals surface area contributed by atoms with Crippen molar-refractivity contribution in [2.45, 2.75) is 33.6 Å². The van der Waals surface area contributed by atoms with E-state index >= 15 is 0 Å². The normalized spacial score (nSPS) is 10.5. The summed E-state index contributed by atoms with van der Waals surface area (Å²) in [5, 5.41) is 0. The molecule has 0 aliphatic carbocycles. The second kappa shape index (κ2) is 7.16. The van der Waals surface area contributed by atoms with Crippen LogP contribution in [0.3, 0.4) is 0 Å². The highest BCUT2D eigenvalue weighted by molar-refractivity contribution is 5.43. The summed E-state index contributed by atoms with van der Waals surface area (Å²) in [5.74, 6) is 1.63. The Hall–Kier alpha value is -1.96. The molecule has 0 bridgehead atoms. The molecule has 0 atom stereocenters. The number of hydrogen-bond acceptors (Lipinski definition) is 2. The van der Waals surface area contributed by atoms with Crippen LogP contribution in [0.5, 0.6) is 11.5 Å². The Labute approximate surface area is 127 Å². The molecule has 0 aliphatic heterocycles. The molecule has 0 saturated carbocycles. The van der Waals surface area contributed by atoms with Crippen molar-refractivity contribution < 1.29 is 9.47 Å². The molecule has 2 nitrogen and oxygen atoms in total. The molecule has 2 heteroatoms. The van der Waals surface area contributed by atoms with Gasteiger partial charge >= 0.3 is 0 Å². The van der Waals surface area contributed by atoms with Crippen molar-refractivity contribution >= 4 is 0 Å². The molecule has 2 aromatic carbocycles. The summed E-state index contributed by atoms with van der Waals surface area (Å²) in [6.45, 7) is 6.95. The zero-order valence-corrected chi connectivity index (χ0v) is 13.4. The first kappa shape index (κ1) is 15.4. The van der Waals surface area contributed by atoms with E-state index in [1.807, 2.05) is 13.0 Å². The molecular formula is C19H24O2. The predicted octanol–water partition coefficient (Wildman–Crippen LogP) is 4.50. The predicted molar refractivity (Wildman–Crippen MR) is 87.5 cm³/mol. The molecule has 2 rings (SSSR count). The second-order valence-corrected chi connectivity index (χ2v) is 5.35. The summed E-state index contributed by atoms with van der Waals surface area (Å²) in [6, 6.07) is 12.9. The number of aryl methyl sites for hydroxylation is 4. The van der Waals surface area contributed by atoms with E-state index in [0.717, 1.165) is 24.3 Å². The Morgan fingerprint density at radius 2 is 1.71 bits per heavy atom. The Balaban J connectivity index is 2.09. The number of benzene rings is 2. The third-order valence-corrected chi connectivity index (χ3v) is 3.71. The fourth-order valence-electron chi connectivity index (χ4n) is 2.55. The molecule has 0 spiro atoms. The molecule has 2 aromatic rings. The standard InChI is InChI=1S/C19H24O2/c1-5-21-18-11-8-16(13-19(18)20-4)7-10-17-9-6-14(2)12-15(17)3/h6,8-9,11-13H,5,7,10H2,1-4H3. The minimum Gasteiger partial charge on any atom is -0.493 e. The van der Waals surface area contributed by atoms with Crippen LogP contribution in [0.25, 0.3) is 0 Å². The first-order valence-electron chi connectivity index (χ1n) is 7.50. The van der Waals surface area contributed by atoms with E-state index in [-0.39, 0.29) is 0 Å². The van der Waals surface area contributed by atoms with Gasteiger partial charge in [-0.3, -0.25) is 0 Å². The lowest BCUT2D eigenvalue weighted by Crippen LogP contribution is -1.98. The van der Waals surface area contributed by atoms with Gasteiger partial charge < -0.3 is 9.47 Å². The van der Waals surface area contributed by atoms with E-state index in [1.54, 1.807) is 7.11 Å². The highest BCUT2D eigenvalue weighted by Crippen LogP contribution is 2.28. The third kappa shape index (κ3) is 4.01. The summed E-state index contributed by atoms with van der Waals surface area (Å²) >= 11 is 0. The van der Waals surface area contributed by atoms with Gasteiger partial charge in [0.05, 0.1) is 13.7 Å². The van der Waals surface area contributed by atoms with E-state index < -0.39 is 0 Å². The van der Waals surface area contributed by atoms with Crippen molar-refractivity contribution in [2.75, 3.05) is 13.7 Å². The molecule has 112 valence electrons. The van der Waals surface area contributed by atoms with Crippen LogP contribution >= 0.6 is 0 Å². The fourth-order valence-corrected chi connectivity index (χ4v) is 2.55. The maximum absolute atomic E-state index is 5.55. The molecule has 0 aromatic heterocycles. The monoisotopic (exact) mass is 284 g/mol. The van der Waals surface area contributed by atoms with Gasteiger partial charge in [-0.1, -0.05) is 29.8 Å². The summed E-state index contributed by atoms with van der Waals surface area (Å²) in [7, 11) is 1.69. The van der Waals surface area contributed by atoms with Crippen molar-refractivity contribution in [2.24, 2.45) is 0 Å². The first-order chi connectivity index (χ1) is 10.1. The van der Waals surface area contributed by atoms with E-state index in [1.165, 1.54) is 22.3 Å². The van der Waals surface area contributed by atoms with Crippen LogP contribution < -0.4 is 9.47 Å². The molecule has 0 radical (unpaired) electrons. The zero-order chi connectivity index (χ0) is 15.2. The summed E-state index contributed by atoms with van der Waals surface area (Å²) < 4.78 is 11.0. The van der Waals surface area contributed by atoms with Gasteiger partial charge in [0.25, 0.3) is 0 Å². The molecule has 0 saturated heterocycles. The lowest BCUT2D eigenvalue weighted by molar-refractivity contribution is 0.310. The van der Waals surface area contributed by atoms with E-state index in [4.69, 9.17) is 9.47 Å². The molecule has 0 unspecified atom stereocenters. The lowest BCUT2D eigenvalue weighted by atomic mass is 9.99. The summed E-state index contributed by atoms with van der Waals surface area (Å²) in [6.07, 6.45) is 2.05. The SMILES string of the molecule is CCOc1ccc(CCc2ccc(C)cc2C)cc1OC. The highest BCUT2D eigenvalue weighted by Gasteiger charge is 2.06. The van der Waals surface area contributed by atoms with E-state index in [0.29, 0.717) is 6.61 Å². The Morgan fingerprint density at radius 1 is 0.905 bits per heavy atom. The quantitative estimate of drug-likeness (QED) is 0.777. The van der Waals surface area contributed by atoms with Gasteiger partial charge in [-0.2, -0.15) is 0 Å². The van der Waals surface area contributed by atoms with Crippen LogP contribution in [0.2, 0.25) is 0 Å². The van der Waals surface area contributed by atoms with Crippen LogP contribution in [0.15, 0.2) is 36.4 Å². The van der Waals surface area contributed by atoms with Gasteiger partial charge in [0.15, 0.2) is 11.5 Å². The third-order valence-electron chi connectivity index (χ3n) is 3.71.